The lowest BCUT2D eigenvalue weighted by Gasteiger charge is -2.13. The van der Waals surface area contributed by atoms with Crippen molar-refractivity contribution in [3.63, 3.8) is 0 Å². The fourth-order valence-corrected chi connectivity index (χ4v) is 1.64. The first-order chi connectivity index (χ1) is 9.25. The Labute approximate surface area is 113 Å². The molecule has 0 aliphatic heterocycles. The van der Waals surface area contributed by atoms with Gasteiger partial charge in [0.15, 0.2) is 0 Å². The summed E-state index contributed by atoms with van der Waals surface area (Å²) in [6.45, 7) is 2.19. The van der Waals surface area contributed by atoms with Gasteiger partial charge in [-0.15, -0.1) is 0 Å². The van der Waals surface area contributed by atoms with Crippen molar-refractivity contribution in [2.75, 3.05) is 5.32 Å². The lowest BCUT2D eigenvalue weighted by atomic mass is 10.2. The second kappa shape index (κ2) is 6.71. The first kappa shape index (κ1) is 13.3. The molecule has 0 bridgehead atoms. The highest BCUT2D eigenvalue weighted by molar-refractivity contribution is 5.93. The SMILES string of the molecule is CC(OCc1ccccc1)C(=O)Nc1ccccc1. The number of anilines is 1. The zero-order valence-corrected chi connectivity index (χ0v) is 10.9. The molecule has 0 radical (unpaired) electrons. The van der Waals surface area contributed by atoms with Crippen LogP contribution in [0, 0.1) is 0 Å². The molecule has 0 saturated heterocycles. The van der Waals surface area contributed by atoms with Crippen molar-refractivity contribution in [3.8, 4) is 0 Å². The van der Waals surface area contributed by atoms with Crippen LogP contribution < -0.4 is 5.32 Å². The summed E-state index contributed by atoms with van der Waals surface area (Å²) in [6, 6.07) is 19.2. The van der Waals surface area contributed by atoms with Gasteiger partial charge >= 0.3 is 0 Å². The maximum Gasteiger partial charge on any atom is 0.253 e. The summed E-state index contributed by atoms with van der Waals surface area (Å²) in [5, 5.41) is 2.81. The zero-order valence-electron chi connectivity index (χ0n) is 10.9. The minimum absolute atomic E-state index is 0.137. The van der Waals surface area contributed by atoms with Crippen LogP contribution in [0.3, 0.4) is 0 Å². The van der Waals surface area contributed by atoms with E-state index in [4.69, 9.17) is 4.74 Å². The smallest absolute Gasteiger partial charge is 0.253 e. The molecule has 0 heterocycles. The van der Waals surface area contributed by atoms with Crippen molar-refractivity contribution in [2.45, 2.75) is 19.6 Å². The highest BCUT2D eigenvalue weighted by atomic mass is 16.5. The van der Waals surface area contributed by atoms with E-state index in [0.29, 0.717) is 6.61 Å². The van der Waals surface area contributed by atoms with E-state index >= 15 is 0 Å². The van der Waals surface area contributed by atoms with Crippen molar-refractivity contribution >= 4 is 11.6 Å². The molecule has 1 amide bonds. The molecule has 0 spiro atoms. The molecule has 1 atom stereocenters. The quantitative estimate of drug-likeness (QED) is 0.890. The van der Waals surface area contributed by atoms with E-state index < -0.39 is 6.10 Å². The number of para-hydroxylation sites is 1. The molecule has 3 heteroatoms. The molecule has 0 aliphatic rings. The van der Waals surface area contributed by atoms with Gasteiger partial charge in [0, 0.05) is 5.69 Å². The van der Waals surface area contributed by atoms with Crippen molar-refractivity contribution in [2.24, 2.45) is 0 Å². The summed E-state index contributed by atoms with van der Waals surface area (Å²) in [5.74, 6) is -0.137. The van der Waals surface area contributed by atoms with Gasteiger partial charge in [-0.2, -0.15) is 0 Å². The second-order valence-electron chi connectivity index (χ2n) is 4.29. The van der Waals surface area contributed by atoms with E-state index in [0.717, 1.165) is 11.3 Å². The number of carbonyl (C=O) groups is 1. The molecule has 2 aromatic rings. The highest BCUT2D eigenvalue weighted by Gasteiger charge is 2.13. The summed E-state index contributed by atoms with van der Waals surface area (Å²) in [6.07, 6.45) is -0.486. The van der Waals surface area contributed by atoms with Crippen LogP contribution in [0.25, 0.3) is 0 Å². The minimum atomic E-state index is -0.486. The van der Waals surface area contributed by atoms with Gasteiger partial charge in [0.2, 0.25) is 0 Å². The molecule has 0 aromatic heterocycles. The molecule has 2 aromatic carbocycles. The van der Waals surface area contributed by atoms with Crippen LogP contribution >= 0.6 is 0 Å². The Kier molecular flexibility index (Phi) is 4.70. The number of hydrogen-bond acceptors (Lipinski definition) is 2. The van der Waals surface area contributed by atoms with Gasteiger partial charge in [-0.1, -0.05) is 48.5 Å². The third-order valence-corrected chi connectivity index (χ3v) is 2.75. The standard InChI is InChI=1S/C16H17NO2/c1-13(19-12-14-8-4-2-5-9-14)16(18)17-15-10-6-3-7-11-15/h2-11,13H,12H2,1H3,(H,17,18). The van der Waals surface area contributed by atoms with E-state index in [-0.39, 0.29) is 5.91 Å². The van der Waals surface area contributed by atoms with Crippen LogP contribution in [-0.2, 0) is 16.1 Å². The van der Waals surface area contributed by atoms with Crippen molar-refractivity contribution < 1.29 is 9.53 Å². The Hall–Kier alpha value is -2.13. The van der Waals surface area contributed by atoms with Gasteiger partial charge in [-0.3, -0.25) is 4.79 Å². The van der Waals surface area contributed by atoms with Crippen LogP contribution in [0.1, 0.15) is 12.5 Å². The number of nitrogens with one attached hydrogen (secondary N) is 1. The molecule has 0 aliphatic carbocycles. The first-order valence-electron chi connectivity index (χ1n) is 6.27. The van der Waals surface area contributed by atoms with Gasteiger partial charge in [0.25, 0.3) is 5.91 Å². The monoisotopic (exact) mass is 255 g/mol. The molecule has 0 fully saturated rings. The lowest BCUT2D eigenvalue weighted by molar-refractivity contribution is -0.127. The van der Waals surface area contributed by atoms with Gasteiger partial charge in [-0.25, -0.2) is 0 Å². The normalized spacial score (nSPS) is 11.8. The highest BCUT2D eigenvalue weighted by Crippen LogP contribution is 2.08. The summed E-state index contributed by atoms with van der Waals surface area (Å²) in [5.41, 5.74) is 1.84. The van der Waals surface area contributed by atoms with Crippen LogP contribution in [0.15, 0.2) is 60.7 Å². The molecule has 98 valence electrons. The predicted molar refractivity (Wildman–Crippen MR) is 75.8 cm³/mol. The largest absolute Gasteiger partial charge is 0.364 e. The number of carbonyl (C=O) groups excluding carboxylic acids is 1. The van der Waals surface area contributed by atoms with Crippen molar-refractivity contribution in [1.82, 2.24) is 0 Å². The molecule has 19 heavy (non-hydrogen) atoms. The third kappa shape index (κ3) is 4.23. The van der Waals surface area contributed by atoms with Crippen molar-refractivity contribution in [3.05, 3.63) is 66.2 Å². The summed E-state index contributed by atoms with van der Waals surface area (Å²) >= 11 is 0. The van der Waals surface area contributed by atoms with E-state index in [2.05, 4.69) is 5.32 Å². The Morgan fingerprint density at radius 1 is 1.05 bits per heavy atom. The van der Waals surface area contributed by atoms with Crippen LogP contribution in [0.2, 0.25) is 0 Å². The molecule has 1 unspecified atom stereocenters. The summed E-state index contributed by atoms with van der Waals surface area (Å²) in [4.78, 5) is 11.9. The van der Waals surface area contributed by atoms with Gasteiger partial charge in [0.05, 0.1) is 6.61 Å². The molecule has 2 rings (SSSR count). The van der Waals surface area contributed by atoms with Crippen LogP contribution in [-0.4, -0.2) is 12.0 Å². The number of amides is 1. The third-order valence-electron chi connectivity index (χ3n) is 2.75. The van der Waals surface area contributed by atoms with Crippen LogP contribution in [0.5, 0.6) is 0 Å². The lowest BCUT2D eigenvalue weighted by Crippen LogP contribution is -2.27. The van der Waals surface area contributed by atoms with Crippen LogP contribution in [0.4, 0.5) is 5.69 Å². The average molecular weight is 255 g/mol. The van der Waals surface area contributed by atoms with E-state index in [1.54, 1.807) is 6.92 Å². The minimum Gasteiger partial charge on any atom is -0.364 e. The summed E-state index contributed by atoms with van der Waals surface area (Å²) in [7, 11) is 0. The molecular weight excluding hydrogens is 238 g/mol. The Morgan fingerprint density at radius 2 is 1.63 bits per heavy atom. The fraction of sp³-hybridized carbons (Fsp3) is 0.188. The molecular formula is C16H17NO2. The van der Waals surface area contributed by atoms with E-state index in [1.807, 2.05) is 60.7 Å². The van der Waals surface area contributed by atoms with E-state index in [9.17, 15) is 4.79 Å². The van der Waals surface area contributed by atoms with E-state index in [1.165, 1.54) is 0 Å². The number of hydrogen-bond donors (Lipinski definition) is 1. The molecule has 0 saturated carbocycles. The van der Waals surface area contributed by atoms with Gasteiger partial charge in [0.1, 0.15) is 6.10 Å². The zero-order chi connectivity index (χ0) is 13.5. The van der Waals surface area contributed by atoms with Gasteiger partial charge < -0.3 is 10.1 Å². The first-order valence-corrected chi connectivity index (χ1v) is 6.27. The Morgan fingerprint density at radius 3 is 2.26 bits per heavy atom. The average Bonchev–Trinajstić information content (AvgIpc) is 2.47. The topological polar surface area (TPSA) is 38.3 Å². The predicted octanol–water partition coefficient (Wildman–Crippen LogP) is 3.23. The second-order valence-corrected chi connectivity index (χ2v) is 4.29. The molecule has 3 nitrogen and oxygen atoms in total. The van der Waals surface area contributed by atoms with Gasteiger partial charge in [-0.05, 0) is 24.6 Å². The molecule has 1 N–H and O–H groups in total. The van der Waals surface area contributed by atoms with Crippen molar-refractivity contribution in [1.29, 1.82) is 0 Å². The maximum absolute atomic E-state index is 11.9. The maximum atomic E-state index is 11.9. The fourth-order valence-electron chi connectivity index (χ4n) is 1.64. The number of rotatable bonds is 5. The Bertz CT molecular complexity index is 511. The Balaban J connectivity index is 1.83. The summed E-state index contributed by atoms with van der Waals surface area (Å²) < 4.78 is 5.55. The number of benzene rings is 2. The number of ether oxygens (including phenoxy) is 1.